The Kier molecular flexibility index (Phi) is 8.07. The molecule has 0 atom stereocenters. The van der Waals surface area contributed by atoms with Gasteiger partial charge in [-0.1, -0.05) is 0 Å². The minimum absolute atomic E-state index is 0.0388. The van der Waals surface area contributed by atoms with Crippen molar-refractivity contribution in [2.24, 2.45) is 0 Å². The van der Waals surface area contributed by atoms with Gasteiger partial charge in [0.05, 0.1) is 0 Å². The SMILES string of the molecule is COc1cc(COCCCC[Si](Cl)(Cl)Cl)c([N+](=O)[O-])cc1O[CH2][Rf]. The van der Waals surface area contributed by atoms with Crippen molar-refractivity contribution in [2.75, 3.05) is 20.8 Å². The first-order valence-corrected chi connectivity index (χ1v) is 17.0. The number of halogens is 3. The van der Waals surface area contributed by atoms with Crippen LogP contribution in [0.4, 0.5) is 5.69 Å². The van der Waals surface area contributed by atoms with Crippen LogP contribution in [0.2, 0.25) is 6.04 Å². The van der Waals surface area contributed by atoms with Crippen molar-refractivity contribution in [3.05, 3.63) is 27.8 Å². The average molecular weight is 669 g/mol. The van der Waals surface area contributed by atoms with E-state index < -0.39 is 10.9 Å². The van der Waals surface area contributed by atoms with Crippen molar-refractivity contribution in [1.29, 1.82) is 0 Å². The second-order valence-electron chi connectivity index (χ2n) is 4.86. The van der Waals surface area contributed by atoms with Crippen LogP contribution in [-0.4, -0.2) is 31.8 Å². The molecule has 0 aliphatic heterocycles. The first kappa shape index (κ1) is 20.3. The quantitative estimate of drug-likeness (QED) is 0.115. The predicted molar refractivity (Wildman–Crippen MR) is 92.2 cm³/mol. The molecule has 131 valence electrons. The Morgan fingerprint density at radius 2 is 1.96 bits per heavy atom. The maximum atomic E-state index is 11.3. The first-order chi connectivity index (χ1) is 11.3. The number of nitro benzene ring substituents is 1. The monoisotopic (exact) mass is 667 g/mol. The molecule has 1 aromatic rings. The molecular weight excluding hydrogens is 652 g/mol. The summed E-state index contributed by atoms with van der Waals surface area (Å²) in [5, 5.41) is 11.3. The summed E-state index contributed by atoms with van der Waals surface area (Å²) in [5.74, 6) is 0.856. The molecule has 0 aliphatic carbocycles. The number of benzene rings is 1. The number of unbranched alkanes of at least 4 members (excludes halogenated alkanes) is 1. The molecule has 0 bridgehead atoms. The van der Waals surface area contributed by atoms with E-state index in [-0.39, 0.29) is 12.3 Å². The van der Waals surface area contributed by atoms with Crippen LogP contribution in [0.3, 0.4) is 0 Å². The van der Waals surface area contributed by atoms with E-state index in [0.717, 1.165) is 12.8 Å². The Balaban J connectivity index is 2.67. The Hall–Kier alpha value is -1.73. The van der Waals surface area contributed by atoms with Crippen LogP contribution in [0.15, 0.2) is 12.1 Å². The molecule has 0 aromatic heterocycles. The maximum absolute atomic E-state index is 11.3. The number of ether oxygens (including phenoxy) is 3. The van der Waals surface area contributed by atoms with Crippen LogP contribution in [0.1, 0.15) is 18.4 Å². The molecule has 0 amide bonds. The molecule has 11 heteroatoms. The van der Waals surface area contributed by atoms with Crippen LogP contribution in [-0.2, 0) is 11.3 Å². The molecular formula is C13H17Cl3NO5RfSi. The van der Waals surface area contributed by atoms with Gasteiger partial charge in [-0.25, -0.2) is 0 Å². The predicted octanol–water partition coefficient (Wildman–Crippen LogP) is 4.44. The van der Waals surface area contributed by atoms with Crippen molar-refractivity contribution in [1.82, 2.24) is 0 Å². The van der Waals surface area contributed by atoms with Crippen molar-refractivity contribution < 1.29 is 19.1 Å². The molecule has 0 spiro atoms. The van der Waals surface area contributed by atoms with E-state index in [1.54, 1.807) is 6.07 Å². The molecule has 1 aromatic carbocycles. The zero-order chi connectivity index (χ0) is 18.2. The van der Waals surface area contributed by atoms with E-state index in [4.69, 9.17) is 47.4 Å². The normalized spacial score (nSPS) is 11.4. The molecule has 24 heavy (non-hydrogen) atoms. The van der Waals surface area contributed by atoms with Gasteiger partial charge in [0.2, 0.25) is 0 Å². The van der Waals surface area contributed by atoms with Gasteiger partial charge in [0.15, 0.2) is 0 Å². The molecule has 6 nitrogen and oxygen atoms in total. The van der Waals surface area contributed by atoms with Gasteiger partial charge in [-0.15, -0.1) is 33.2 Å². The summed E-state index contributed by atoms with van der Waals surface area (Å²) in [7, 11) is 2.09. The van der Waals surface area contributed by atoms with Crippen molar-refractivity contribution in [3.8, 4) is 11.5 Å². The summed E-state index contributed by atoms with van der Waals surface area (Å²) in [4.78, 5) is 10.8. The summed E-state index contributed by atoms with van der Waals surface area (Å²) in [6.07, 6.45) is 1.49. The van der Waals surface area contributed by atoms with Gasteiger partial charge in [0, 0.05) is 0 Å². The molecule has 0 radical (unpaired) electrons. The van der Waals surface area contributed by atoms with Crippen LogP contribution >= 0.6 is 33.2 Å². The van der Waals surface area contributed by atoms with Gasteiger partial charge >= 0.3 is 116 Å². The topological polar surface area (TPSA) is 70.8 Å². The first-order valence-electron chi connectivity index (χ1n) is 7.20. The summed E-state index contributed by atoms with van der Waals surface area (Å²) < 4.78 is 16.5. The van der Waals surface area contributed by atoms with Crippen molar-refractivity contribution in [3.63, 3.8) is 0 Å². The summed E-state index contributed by atoms with van der Waals surface area (Å²) in [6, 6.07) is 0.966. The number of methoxy groups -OCH3 is 1. The second-order valence-corrected chi connectivity index (χ2v) is 16.0. The molecule has 0 unspecified atom stereocenters. The Morgan fingerprint density at radius 1 is 1.25 bits per heavy atom. The number of hydrogen-bond donors (Lipinski definition) is 0. The molecule has 0 heterocycles. The van der Waals surface area contributed by atoms with E-state index >= 15 is 0 Å². The van der Waals surface area contributed by atoms with Crippen molar-refractivity contribution >= 4 is 44.9 Å². The number of hydrogen-bond acceptors (Lipinski definition) is 5. The zero-order valence-corrected chi connectivity index (χ0v) is 22.9. The van der Waals surface area contributed by atoms with Crippen LogP contribution < -0.4 is 9.47 Å². The second kappa shape index (κ2) is 9.54. The van der Waals surface area contributed by atoms with Gasteiger partial charge in [0.25, 0.3) is 0 Å². The van der Waals surface area contributed by atoms with E-state index in [9.17, 15) is 10.1 Å². The van der Waals surface area contributed by atoms with Gasteiger partial charge < -0.3 is 0 Å². The number of nitrogens with zero attached hydrogens (tertiary/aromatic N) is 1. The molecule has 0 saturated carbocycles. The van der Waals surface area contributed by atoms with E-state index in [1.165, 1.54) is 13.2 Å². The molecule has 0 aliphatic rings. The molecule has 0 N–H and O–H groups in total. The fraction of sp³-hybridized carbons (Fsp3) is 0.538. The third kappa shape index (κ3) is 6.80. The Labute approximate surface area is 149 Å². The minimum atomic E-state index is -2.59. The van der Waals surface area contributed by atoms with Crippen LogP contribution in [0.25, 0.3) is 0 Å². The van der Waals surface area contributed by atoms with Crippen LogP contribution in [0, 0.1) is 10.1 Å². The summed E-state index contributed by atoms with van der Waals surface area (Å²) in [6.45, 7) is 0.555. The van der Waals surface area contributed by atoms with Crippen molar-refractivity contribution in [2.45, 2.75) is 25.5 Å². The Morgan fingerprint density at radius 3 is 2.50 bits per heavy atom. The van der Waals surface area contributed by atoms with Gasteiger partial charge in [-0.3, -0.25) is 0 Å². The van der Waals surface area contributed by atoms with E-state index in [1.807, 2.05) is 0 Å². The summed E-state index contributed by atoms with van der Waals surface area (Å²) >= 11 is 17.4. The van der Waals surface area contributed by atoms with E-state index in [2.05, 4.69) is 0 Å². The van der Waals surface area contributed by atoms with Gasteiger partial charge in [-0.2, -0.15) is 0 Å². The molecule has 1 rings (SSSR count). The molecule has 0 saturated heterocycles. The summed E-state index contributed by atoms with van der Waals surface area (Å²) in [5.41, 5.74) is 0.405. The third-order valence-electron chi connectivity index (χ3n) is 3.08. The van der Waals surface area contributed by atoms with Gasteiger partial charge in [-0.05, 0) is 0 Å². The van der Waals surface area contributed by atoms with Gasteiger partial charge in [0.1, 0.15) is 0 Å². The zero-order valence-electron chi connectivity index (χ0n) is 13.2. The average Bonchev–Trinajstić information content (AvgIpc) is 2.50. The number of rotatable bonds is 11. The molecule has 0 fully saturated rings. The van der Waals surface area contributed by atoms with E-state index in [0.29, 0.717) is 36.8 Å². The fourth-order valence-electron chi connectivity index (χ4n) is 1.97. The number of nitro groups is 1. The standard InChI is InChI=1S/C13H17Cl3NO5Si.Rf/c1-20-12-7-10(11(17(18)19)8-13(12)21-2)9-22-5-3-4-6-23(14,15)16;/h7-8H,2-6,9H2,1H3;. The van der Waals surface area contributed by atoms with Crippen LogP contribution in [0.5, 0.6) is 11.5 Å². The third-order valence-corrected chi connectivity index (χ3v) is 6.62. The Bertz CT molecular complexity index is 559. The fourth-order valence-corrected chi connectivity index (χ4v) is 4.82.